The highest BCUT2D eigenvalue weighted by molar-refractivity contribution is 9.10. The second-order valence-corrected chi connectivity index (χ2v) is 7.13. The number of amides is 1. The van der Waals surface area contributed by atoms with E-state index in [-0.39, 0.29) is 11.5 Å². The number of fused-ring (bicyclic) bond motifs is 1. The third-order valence-electron chi connectivity index (χ3n) is 4.49. The number of rotatable bonds is 3. The number of benzene rings is 1. The van der Waals surface area contributed by atoms with Gasteiger partial charge in [-0.05, 0) is 37.0 Å². The number of aryl methyl sites for hydroxylation is 1. The van der Waals surface area contributed by atoms with E-state index in [0.717, 1.165) is 30.4 Å². The maximum atomic E-state index is 12.5. The van der Waals surface area contributed by atoms with Crippen molar-refractivity contribution in [2.75, 3.05) is 13.1 Å². The molecule has 1 amide bonds. The van der Waals surface area contributed by atoms with E-state index in [1.165, 1.54) is 10.9 Å². The molecule has 3 rings (SSSR count). The van der Waals surface area contributed by atoms with Crippen LogP contribution < -0.4 is 5.56 Å². The Morgan fingerprint density at radius 1 is 1.35 bits per heavy atom. The van der Waals surface area contributed by atoms with Crippen LogP contribution in [0.4, 0.5) is 0 Å². The molecule has 0 saturated carbocycles. The lowest BCUT2D eigenvalue weighted by Crippen LogP contribution is -2.38. The summed E-state index contributed by atoms with van der Waals surface area (Å²) in [4.78, 5) is 31.0. The number of likely N-dealkylation sites (tertiary alicyclic amines) is 1. The van der Waals surface area contributed by atoms with Crippen molar-refractivity contribution in [1.82, 2.24) is 14.5 Å². The van der Waals surface area contributed by atoms with Gasteiger partial charge in [0.05, 0.1) is 17.2 Å². The van der Waals surface area contributed by atoms with E-state index in [2.05, 4.69) is 27.8 Å². The normalized spacial score (nSPS) is 16.0. The van der Waals surface area contributed by atoms with E-state index < -0.39 is 0 Å². The number of hydrogen-bond acceptors (Lipinski definition) is 3. The summed E-state index contributed by atoms with van der Waals surface area (Å²) >= 11 is 3.37. The van der Waals surface area contributed by atoms with Crippen molar-refractivity contribution in [3.63, 3.8) is 0 Å². The number of carbonyl (C=O) groups excluding carboxylic acids is 1. The molecule has 1 aliphatic heterocycles. The Hall–Kier alpha value is -1.69. The SMILES string of the molecule is CC1CCN(C(=O)CCn2cnc3ccc(Br)cc3c2=O)CC1. The van der Waals surface area contributed by atoms with E-state index in [4.69, 9.17) is 0 Å². The Bertz CT molecular complexity index is 779. The molecule has 0 atom stereocenters. The van der Waals surface area contributed by atoms with Gasteiger partial charge < -0.3 is 4.90 Å². The van der Waals surface area contributed by atoms with Crippen LogP contribution >= 0.6 is 15.9 Å². The summed E-state index contributed by atoms with van der Waals surface area (Å²) in [6.45, 7) is 4.26. The van der Waals surface area contributed by atoms with Crippen molar-refractivity contribution in [3.05, 3.63) is 39.4 Å². The Morgan fingerprint density at radius 2 is 2.09 bits per heavy atom. The van der Waals surface area contributed by atoms with Gasteiger partial charge >= 0.3 is 0 Å². The standard InChI is InChI=1S/C17H20BrN3O2/c1-12-4-7-20(8-5-12)16(22)6-9-21-11-19-15-3-2-13(18)10-14(15)17(21)23/h2-3,10-12H,4-9H2,1H3. The first-order valence-electron chi connectivity index (χ1n) is 7.97. The van der Waals surface area contributed by atoms with Gasteiger partial charge in [0, 0.05) is 30.5 Å². The zero-order chi connectivity index (χ0) is 16.4. The van der Waals surface area contributed by atoms with Gasteiger partial charge in [-0.3, -0.25) is 14.2 Å². The van der Waals surface area contributed by atoms with Crippen molar-refractivity contribution in [2.24, 2.45) is 5.92 Å². The molecule has 0 radical (unpaired) electrons. The molecule has 1 saturated heterocycles. The summed E-state index contributed by atoms with van der Waals surface area (Å²) in [5, 5.41) is 0.570. The summed E-state index contributed by atoms with van der Waals surface area (Å²) in [5.41, 5.74) is 0.571. The molecule has 0 N–H and O–H groups in total. The van der Waals surface area contributed by atoms with E-state index in [0.29, 0.717) is 29.8 Å². The molecule has 2 heterocycles. The monoisotopic (exact) mass is 377 g/mol. The molecule has 2 aromatic rings. The fraction of sp³-hybridized carbons (Fsp3) is 0.471. The highest BCUT2D eigenvalue weighted by Gasteiger charge is 2.20. The Balaban J connectivity index is 1.71. The van der Waals surface area contributed by atoms with Crippen LogP contribution in [0.3, 0.4) is 0 Å². The molecule has 122 valence electrons. The van der Waals surface area contributed by atoms with Crippen LogP contribution in [0, 0.1) is 5.92 Å². The topological polar surface area (TPSA) is 55.2 Å². The van der Waals surface area contributed by atoms with Crippen LogP contribution in [0.15, 0.2) is 33.8 Å². The van der Waals surface area contributed by atoms with Crippen LogP contribution in [0.5, 0.6) is 0 Å². The van der Waals surface area contributed by atoms with Gasteiger partial charge in [0.15, 0.2) is 0 Å². The quantitative estimate of drug-likeness (QED) is 0.826. The molecular formula is C17H20BrN3O2. The van der Waals surface area contributed by atoms with Crippen LogP contribution in [0.25, 0.3) is 10.9 Å². The molecule has 0 aliphatic carbocycles. The maximum absolute atomic E-state index is 12.5. The lowest BCUT2D eigenvalue weighted by Gasteiger charge is -2.30. The fourth-order valence-electron chi connectivity index (χ4n) is 2.92. The van der Waals surface area contributed by atoms with E-state index in [9.17, 15) is 9.59 Å². The van der Waals surface area contributed by atoms with Gasteiger partial charge in [-0.2, -0.15) is 0 Å². The average molecular weight is 378 g/mol. The third kappa shape index (κ3) is 3.63. The van der Waals surface area contributed by atoms with Gasteiger partial charge in [-0.15, -0.1) is 0 Å². The minimum absolute atomic E-state index is 0.101. The second kappa shape index (κ2) is 6.83. The lowest BCUT2D eigenvalue weighted by molar-refractivity contribution is -0.132. The first kappa shape index (κ1) is 16.2. The third-order valence-corrected chi connectivity index (χ3v) is 4.98. The predicted molar refractivity (Wildman–Crippen MR) is 93.3 cm³/mol. The number of carbonyl (C=O) groups is 1. The molecule has 0 bridgehead atoms. The van der Waals surface area contributed by atoms with Crippen molar-refractivity contribution >= 4 is 32.7 Å². The largest absolute Gasteiger partial charge is 0.343 e. The second-order valence-electron chi connectivity index (χ2n) is 6.22. The predicted octanol–water partition coefficient (Wildman–Crippen LogP) is 2.81. The van der Waals surface area contributed by atoms with Crippen molar-refractivity contribution in [2.45, 2.75) is 32.7 Å². The Morgan fingerprint density at radius 3 is 2.83 bits per heavy atom. The molecule has 23 heavy (non-hydrogen) atoms. The van der Waals surface area contributed by atoms with Crippen LogP contribution in [-0.2, 0) is 11.3 Å². The minimum Gasteiger partial charge on any atom is -0.343 e. The van der Waals surface area contributed by atoms with Crippen LogP contribution in [-0.4, -0.2) is 33.4 Å². The van der Waals surface area contributed by atoms with Crippen molar-refractivity contribution in [3.8, 4) is 0 Å². The number of halogens is 1. The van der Waals surface area contributed by atoms with Crippen molar-refractivity contribution in [1.29, 1.82) is 0 Å². The zero-order valence-electron chi connectivity index (χ0n) is 13.2. The molecular weight excluding hydrogens is 358 g/mol. The van der Waals surface area contributed by atoms with Gasteiger partial charge in [0.25, 0.3) is 5.56 Å². The van der Waals surface area contributed by atoms with Gasteiger partial charge in [-0.1, -0.05) is 22.9 Å². The molecule has 1 fully saturated rings. The fourth-order valence-corrected chi connectivity index (χ4v) is 3.28. The number of hydrogen-bond donors (Lipinski definition) is 0. The smallest absolute Gasteiger partial charge is 0.261 e. The summed E-state index contributed by atoms with van der Waals surface area (Å²) in [5.74, 6) is 0.822. The average Bonchev–Trinajstić information content (AvgIpc) is 2.55. The zero-order valence-corrected chi connectivity index (χ0v) is 14.8. The Labute approximate surface area is 143 Å². The molecule has 1 aromatic carbocycles. The van der Waals surface area contributed by atoms with Gasteiger partial charge in [-0.25, -0.2) is 4.98 Å². The number of aromatic nitrogens is 2. The van der Waals surface area contributed by atoms with Gasteiger partial charge in [0.2, 0.25) is 5.91 Å². The highest BCUT2D eigenvalue weighted by Crippen LogP contribution is 2.17. The molecule has 6 heteroatoms. The first-order chi connectivity index (χ1) is 11.0. The maximum Gasteiger partial charge on any atom is 0.261 e. The molecule has 1 aromatic heterocycles. The summed E-state index contributed by atoms with van der Waals surface area (Å²) in [6, 6.07) is 5.44. The minimum atomic E-state index is -0.101. The van der Waals surface area contributed by atoms with Crippen molar-refractivity contribution < 1.29 is 4.79 Å². The molecule has 5 nitrogen and oxygen atoms in total. The molecule has 0 unspecified atom stereocenters. The van der Waals surface area contributed by atoms with E-state index in [1.54, 1.807) is 6.07 Å². The van der Waals surface area contributed by atoms with Crippen LogP contribution in [0.1, 0.15) is 26.2 Å². The number of nitrogens with zero attached hydrogens (tertiary/aromatic N) is 3. The van der Waals surface area contributed by atoms with Gasteiger partial charge in [0.1, 0.15) is 0 Å². The molecule has 0 spiro atoms. The Kier molecular flexibility index (Phi) is 4.80. The lowest BCUT2D eigenvalue weighted by atomic mass is 9.99. The summed E-state index contributed by atoms with van der Waals surface area (Å²) in [7, 11) is 0. The summed E-state index contributed by atoms with van der Waals surface area (Å²) < 4.78 is 2.37. The van der Waals surface area contributed by atoms with E-state index >= 15 is 0 Å². The van der Waals surface area contributed by atoms with Crippen LogP contribution in [0.2, 0.25) is 0 Å². The summed E-state index contributed by atoms with van der Waals surface area (Å²) in [6.07, 6.45) is 4.01. The number of piperidine rings is 1. The first-order valence-corrected chi connectivity index (χ1v) is 8.76. The van der Waals surface area contributed by atoms with E-state index in [1.807, 2.05) is 17.0 Å². The highest BCUT2D eigenvalue weighted by atomic mass is 79.9. The molecule has 1 aliphatic rings.